The van der Waals surface area contributed by atoms with Crippen molar-refractivity contribution in [3.63, 3.8) is 0 Å². The van der Waals surface area contributed by atoms with Crippen molar-refractivity contribution in [1.82, 2.24) is 79.4 Å². The summed E-state index contributed by atoms with van der Waals surface area (Å²) in [6.07, 6.45) is -2.79. The smallest absolute Gasteiger partial charge is 0.312 e. The average molecular weight is 1820 g/mol. The molecule has 1 aromatic heterocycles. The van der Waals surface area contributed by atoms with Crippen LogP contribution in [0.15, 0.2) is 91.1 Å². The third-order valence-electron chi connectivity index (χ3n) is 21.2. The second-order valence-electron chi connectivity index (χ2n) is 32.8. The van der Waals surface area contributed by atoms with Gasteiger partial charge in [-0.2, -0.15) is 0 Å². The fraction of sp³-hybridized carbons (Fsp3) is 0.518. The van der Waals surface area contributed by atoms with E-state index in [2.05, 4.69) is 79.4 Å². The molecule has 1 fully saturated rings. The Morgan fingerprint density at radius 2 is 1.17 bits per heavy atom. The van der Waals surface area contributed by atoms with Gasteiger partial charge in [-0.3, -0.25) is 76.7 Å². The van der Waals surface area contributed by atoms with Crippen LogP contribution in [0.25, 0.3) is 21.7 Å². The van der Waals surface area contributed by atoms with Crippen LogP contribution in [-0.4, -0.2) is 243 Å². The van der Waals surface area contributed by atoms with Gasteiger partial charge in [-0.15, -0.1) is 0 Å². The van der Waals surface area contributed by atoms with E-state index < -0.39 is 208 Å². The Hall–Kier alpha value is -12.2. The standard InChI is InChI=1S/C85H123N21O20S2/c1-45-18-16-21-55-53(43-94-66(45)55)28-31-58-72(115)96-56(23-17-36-93-82(91)125)73(116)105-69(84(7,8)128-127-83(5,6)68(95-48(4)110)79(122)101-62(42-65(89)112)76(119)104-67(46(2)108)78(121)97-58)80(123)100-59(39-49-25-29-54(30-26-49)126-37-34-87)74(117)98-60(40-50-24-27-51-19-10-11-20-52(51)38-50)77(120)106-85(9,32-13-14-33-86)81(124)103-57(22-12-15-35-92-47(3)109)71(114)99-61(41-64(88)111)75(118)102-63(44-107)70(90)113/h10-11,16,18-21,24-27,29-30,38,43,46,56-63,67-69,94,107-108H,12-15,17,22-23,28,31-37,39-42,44,86-87H2,1-9H3,(H2,88,111)(H2,89,112)(H2,90,113)(H,92,109)(H,95,110)(H,96,115)(H,97,121)(H,98,117)(H,99,114)(H,100,123)(H,101,122)(H,102,118)(H,103,124)(H,104,119)(H,105,116)(H,106,120)(H3,91,93,125)/t46-,56+,57+,58+,59+,60+,61+,62+,63-,67+,68-,69-,85+/m1/s1. The number of carbonyl (C=O) groups is 17. The first kappa shape index (κ1) is 105. The second-order valence-corrected chi connectivity index (χ2v) is 36.2. The number of aromatic amines is 1. The van der Waals surface area contributed by atoms with E-state index in [9.17, 15) is 63.0 Å². The second kappa shape index (κ2) is 49.8. The highest BCUT2D eigenvalue weighted by atomic mass is 33.1. The number of urea groups is 1. The lowest BCUT2D eigenvalue weighted by molar-refractivity contribution is -0.138. The van der Waals surface area contributed by atoms with Gasteiger partial charge in [0.25, 0.3) is 0 Å². The van der Waals surface area contributed by atoms with E-state index in [4.69, 9.17) is 39.1 Å². The minimum atomic E-state index is -2.05. The van der Waals surface area contributed by atoms with Crippen molar-refractivity contribution < 1.29 is 96.5 Å². The molecule has 1 aliphatic rings. The molecular formula is C85H123N21O20S2. The largest absolute Gasteiger partial charge is 0.492 e. The molecule has 6 rings (SSSR count). The lowest BCUT2D eigenvalue weighted by Gasteiger charge is -2.39. The summed E-state index contributed by atoms with van der Waals surface area (Å²) in [6, 6.07) is 4.03. The Bertz CT molecular complexity index is 4780. The van der Waals surface area contributed by atoms with Crippen LogP contribution in [0.1, 0.15) is 148 Å². The molecule has 29 N–H and O–H groups in total. The van der Waals surface area contributed by atoms with Crippen LogP contribution in [-0.2, 0) is 96.0 Å². The van der Waals surface area contributed by atoms with Crippen molar-refractivity contribution in [2.75, 3.05) is 39.4 Å². The number of hydrogen-bond donors (Lipinski definition) is 23. The van der Waals surface area contributed by atoms with Crippen molar-refractivity contribution >= 4 is 144 Å². The molecule has 0 saturated carbocycles. The van der Waals surface area contributed by atoms with Crippen LogP contribution in [0, 0.1) is 6.92 Å². The molecule has 4 aromatic carbocycles. The number of amides is 18. The lowest BCUT2D eigenvalue weighted by Crippen LogP contribution is -2.65. The first-order chi connectivity index (χ1) is 60.4. The number of para-hydroxylation sites is 1. The van der Waals surface area contributed by atoms with Crippen molar-refractivity contribution in [2.24, 2.45) is 34.4 Å². The summed E-state index contributed by atoms with van der Waals surface area (Å²) in [7, 11) is 1.76. The maximum absolute atomic E-state index is 16.3. The number of aromatic nitrogens is 1. The number of aryl methyl sites for hydroxylation is 2. The van der Waals surface area contributed by atoms with E-state index in [-0.39, 0.29) is 109 Å². The van der Waals surface area contributed by atoms with Crippen LogP contribution in [0.4, 0.5) is 4.79 Å². The number of unbranched alkanes of at least 4 members (excludes halogenated alkanes) is 2. The number of benzene rings is 4. The predicted molar refractivity (Wildman–Crippen MR) is 478 cm³/mol. The van der Waals surface area contributed by atoms with Gasteiger partial charge in [-0.1, -0.05) is 94.4 Å². The number of ether oxygens (including phenoxy) is 1. The van der Waals surface area contributed by atoms with Crippen molar-refractivity contribution in [2.45, 2.75) is 240 Å². The van der Waals surface area contributed by atoms with E-state index >= 15 is 28.8 Å². The zero-order valence-electron chi connectivity index (χ0n) is 73.3. The maximum Gasteiger partial charge on any atom is 0.312 e. The van der Waals surface area contributed by atoms with Crippen LogP contribution >= 0.6 is 21.6 Å². The highest BCUT2D eigenvalue weighted by molar-refractivity contribution is 8.77. The molecule has 128 heavy (non-hydrogen) atoms. The summed E-state index contributed by atoms with van der Waals surface area (Å²) in [5.74, 6) is -16.2. The average Bonchev–Trinajstić information content (AvgIpc) is 1.19. The summed E-state index contributed by atoms with van der Waals surface area (Å²) >= 11 is 0. The number of fused-ring (bicyclic) bond motifs is 2. The van der Waals surface area contributed by atoms with Gasteiger partial charge in [0.05, 0.1) is 25.6 Å². The monoisotopic (exact) mass is 1820 g/mol. The summed E-state index contributed by atoms with van der Waals surface area (Å²) in [4.78, 5) is 245. The van der Waals surface area contributed by atoms with E-state index in [1.54, 1.807) is 60.8 Å². The van der Waals surface area contributed by atoms with Gasteiger partial charge in [-0.25, -0.2) is 4.79 Å². The number of rotatable bonds is 43. The van der Waals surface area contributed by atoms with Gasteiger partial charge in [-0.05, 0) is 164 Å². The quantitative estimate of drug-likeness (QED) is 0.0137. The van der Waals surface area contributed by atoms with E-state index in [0.717, 1.165) is 57.3 Å². The molecule has 0 spiro atoms. The molecule has 0 unspecified atom stereocenters. The van der Waals surface area contributed by atoms with Gasteiger partial charge in [0, 0.05) is 72.9 Å². The zero-order valence-corrected chi connectivity index (χ0v) is 74.9. The Morgan fingerprint density at radius 1 is 0.578 bits per heavy atom. The summed E-state index contributed by atoms with van der Waals surface area (Å²) in [5, 5.41) is 59.7. The molecule has 5 aromatic rings. The Kier molecular flexibility index (Phi) is 40.7. The maximum atomic E-state index is 16.3. The van der Waals surface area contributed by atoms with Gasteiger partial charge in [0.2, 0.25) is 94.5 Å². The van der Waals surface area contributed by atoms with E-state index in [1.165, 1.54) is 41.5 Å². The van der Waals surface area contributed by atoms with Crippen LogP contribution in [0.5, 0.6) is 5.75 Å². The lowest BCUT2D eigenvalue weighted by atomic mass is 9.91. The van der Waals surface area contributed by atoms with E-state index in [0.29, 0.717) is 27.8 Å². The normalized spacial score (nSPS) is 19.3. The van der Waals surface area contributed by atoms with Gasteiger partial charge < -0.3 is 129 Å². The van der Waals surface area contributed by atoms with Crippen LogP contribution < -0.4 is 114 Å². The zero-order chi connectivity index (χ0) is 94.9. The number of primary amides is 4. The molecule has 41 nitrogen and oxygen atoms in total. The first-order valence-electron chi connectivity index (χ1n) is 42.0. The Morgan fingerprint density at radius 3 is 1.80 bits per heavy atom. The minimum absolute atomic E-state index is 0.0522. The molecule has 43 heteroatoms. The van der Waals surface area contributed by atoms with Crippen molar-refractivity contribution in [1.29, 1.82) is 0 Å². The van der Waals surface area contributed by atoms with Gasteiger partial charge in [0.15, 0.2) is 0 Å². The van der Waals surface area contributed by atoms with Gasteiger partial charge in [0.1, 0.15) is 84.4 Å². The Balaban J connectivity index is 1.53. The number of nitrogens with one attached hydrogen (secondary N) is 15. The summed E-state index contributed by atoms with van der Waals surface area (Å²) in [6.45, 7) is 12.1. The highest BCUT2D eigenvalue weighted by Crippen LogP contribution is 2.47. The molecular weight excluding hydrogens is 1700 g/mol. The highest BCUT2D eigenvalue weighted by Gasteiger charge is 2.47. The number of aliphatic hydroxyl groups excluding tert-OH is 2. The molecule has 1 aliphatic heterocycles. The predicted octanol–water partition coefficient (Wildman–Crippen LogP) is -2.94. The Labute approximate surface area is 748 Å². The minimum Gasteiger partial charge on any atom is -0.492 e. The van der Waals surface area contributed by atoms with Crippen LogP contribution in [0.3, 0.4) is 0 Å². The van der Waals surface area contributed by atoms with Crippen LogP contribution in [0.2, 0.25) is 0 Å². The SMILES string of the molecule is CC(=O)NCCCC[C@H](NC(=O)[C@](C)(CCCCN)NC(=O)[C@H](Cc1ccc2ccccc2c1)NC(=O)[C@H](Cc1ccc(OCCN)cc1)NC(=O)[C@H]1NC(=O)[C@H](CCCNC(N)=O)NC(=O)[C@H](CCc2c[nH]c3c(C)cccc23)NC(=O)[C@H]([C@@H](C)O)NC(=O)[C@H](CC(N)=O)NC(=O)[C@@H](NC(C)=O)C(C)(C)SSC1(C)C)C(=O)N[C@@H](CC(N)=O)C(=O)N[C@H](CO)C(N)=O. The van der Waals surface area contributed by atoms with Crippen molar-refractivity contribution in [3.8, 4) is 5.75 Å². The van der Waals surface area contributed by atoms with Gasteiger partial charge >= 0.3 is 6.03 Å². The molecule has 2 heterocycles. The number of nitrogens with two attached hydrogens (primary N) is 6. The van der Waals surface area contributed by atoms with E-state index in [1.807, 2.05) is 37.3 Å². The molecule has 700 valence electrons. The molecule has 18 amide bonds. The molecule has 13 atom stereocenters. The molecule has 0 bridgehead atoms. The topological polar surface area (TPSA) is 680 Å². The van der Waals surface area contributed by atoms with Crippen molar-refractivity contribution in [3.05, 3.63) is 113 Å². The fourth-order valence-electron chi connectivity index (χ4n) is 14.0. The third-order valence-corrected chi connectivity index (χ3v) is 25.4. The number of carbonyl (C=O) groups excluding carboxylic acids is 17. The third kappa shape index (κ3) is 32.6. The number of aliphatic hydroxyl groups is 2. The molecule has 0 aliphatic carbocycles. The molecule has 0 radical (unpaired) electrons. The number of H-pyrrole nitrogens is 1. The summed E-state index contributed by atoms with van der Waals surface area (Å²) in [5.41, 5.74) is 34.9. The molecule has 1 saturated heterocycles. The first-order valence-corrected chi connectivity index (χ1v) is 44.1. The fourth-order valence-corrected chi connectivity index (χ4v) is 16.9. The number of hydrogen-bond acceptors (Lipinski definition) is 24. The summed E-state index contributed by atoms with van der Waals surface area (Å²) < 4.78 is 2.51.